The van der Waals surface area contributed by atoms with Gasteiger partial charge in [0.15, 0.2) is 0 Å². The van der Waals surface area contributed by atoms with Crippen molar-refractivity contribution in [3.8, 4) is 0 Å². The lowest BCUT2D eigenvalue weighted by Gasteiger charge is -2.46. The van der Waals surface area contributed by atoms with Crippen molar-refractivity contribution in [3.05, 3.63) is 16.1 Å². The third-order valence-electron chi connectivity index (χ3n) is 3.18. The molecule has 0 aliphatic carbocycles. The highest BCUT2D eigenvalue weighted by Crippen LogP contribution is 2.26. The molecule has 0 spiro atoms. The molecule has 0 radical (unpaired) electrons. The molecule has 0 aromatic carbocycles. The molecule has 1 saturated heterocycles. The molecular weight excluding hydrogens is 280 g/mol. The van der Waals surface area contributed by atoms with Crippen LogP contribution in [0.15, 0.2) is 5.38 Å². The molecule has 1 N–H and O–H groups in total. The zero-order valence-electron chi connectivity index (χ0n) is 11.4. The van der Waals surface area contributed by atoms with Crippen molar-refractivity contribution < 1.29 is 9.90 Å². The normalized spacial score (nSPS) is 17.3. The van der Waals surface area contributed by atoms with Gasteiger partial charge < -0.3 is 10.0 Å². The van der Waals surface area contributed by atoms with E-state index in [-0.39, 0.29) is 5.91 Å². The Kier molecular flexibility index (Phi) is 4.86. The van der Waals surface area contributed by atoms with E-state index in [2.05, 4.69) is 4.98 Å². The Labute approximate surface area is 122 Å². The first kappa shape index (κ1) is 14.8. The van der Waals surface area contributed by atoms with Crippen molar-refractivity contribution in [3.63, 3.8) is 0 Å². The number of aryl methyl sites for hydroxylation is 1. The van der Waals surface area contributed by atoms with Gasteiger partial charge in [-0.1, -0.05) is 13.3 Å². The smallest absolute Gasteiger partial charge is 0.232 e. The summed E-state index contributed by atoms with van der Waals surface area (Å²) in [6.45, 7) is 5.03. The van der Waals surface area contributed by atoms with Gasteiger partial charge in [0.1, 0.15) is 0 Å². The van der Waals surface area contributed by atoms with Crippen molar-refractivity contribution in [2.24, 2.45) is 0 Å². The second kappa shape index (κ2) is 6.24. The second-order valence-corrected chi connectivity index (χ2v) is 7.12. The number of carbonyl (C=O) groups excluding carboxylic acids is 1. The molecule has 0 atom stereocenters. The van der Waals surface area contributed by atoms with Crippen LogP contribution < -0.4 is 0 Å². The fraction of sp³-hybridized carbons (Fsp3) is 0.692. The van der Waals surface area contributed by atoms with Crippen molar-refractivity contribution in [2.75, 3.05) is 18.8 Å². The Balaban J connectivity index is 1.66. The summed E-state index contributed by atoms with van der Waals surface area (Å²) in [5, 5.41) is 13.1. The summed E-state index contributed by atoms with van der Waals surface area (Å²) in [4.78, 5) is 18.0. The SMILES string of the molecule is CCCC1(O)CN(C(=O)CSCc2csc(C)n2)C1. The molecule has 2 heterocycles. The number of aliphatic hydroxyl groups is 1. The standard InChI is InChI=1S/C13H20N2O2S2/c1-3-4-13(17)8-15(9-13)12(16)7-18-5-11-6-19-10(2)14-11/h6,17H,3-5,7-9H2,1-2H3. The number of nitrogens with zero attached hydrogens (tertiary/aromatic N) is 2. The van der Waals surface area contributed by atoms with Gasteiger partial charge in [-0.05, 0) is 13.3 Å². The first-order valence-corrected chi connectivity index (χ1v) is 8.55. The third kappa shape index (κ3) is 3.94. The number of hydrogen-bond acceptors (Lipinski definition) is 5. The molecule has 0 saturated carbocycles. The Bertz CT molecular complexity index is 442. The number of likely N-dealkylation sites (tertiary alicyclic amines) is 1. The van der Waals surface area contributed by atoms with Gasteiger partial charge in [0.2, 0.25) is 5.91 Å². The Hall–Kier alpha value is -0.590. The maximum Gasteiger partial charge on any atom is 0.232 e. The molecule has 2 rings (SSSR count). The highest BCUT2D eigenvalue weighted by atomic mass is 32.2. The van der Waals surface area contributed by atoms with E-state index in [1.54, 1.807) is 28.0 Å². The van der Waals surface area contributed by atoms with Crippen molar-refractivity contribution >= 4 is 29.0 Å². The molecule has 1 aliphatic heterocycles. The van der Waals surface area contributed by atoms with Crippen LogP contribution in [-0.4, -0.2) is 45.3 Å². The Morgan fingerprint density at radius 1 is 1.63 bits per heavy atom. The zero-order valence-corrected chi connectivity index (χ0v) is 13.0. The minimum atomic E-state index is -0.624. The van der Waals surface area contributed by atoms with Gasteiger partial charge in [0.05, 0.1) is 35.1 Å². The molecule has 1 fully saturated rings. The van der Waals surface area contributed by atoms with Crippen LogP contribution in [0.4, 0.5) is 0 Å². The topological polar surface area (TPSA) is 53.4 Å². The van der Waals surface area contributed by atoms with Crippen LogP contribution in [0.1, 0.15) is 30.5 Å². The lowest BCUT2D eigenvalue weighted by molar-refractivity contribution is -0.153. The van der Waals surface area contributed by atoms with Crippen LogP contribution in [0.3, 0.4) is 0 Å². The van der Waals surface area contributed by atoms with Gasteiger partial charge in [-0.15, -0.1) is 23.1 Å². The molecule has 1 amide bonds. The monoisotopic (exact) mass is 300 g/mol. The van der Waals surface area contributed by atoms with Crippen LogP contribution in [0.2, 0.25) is 0 Å². The molecule has 6 heteroatoms. The largest absolute Gasteiger partial charge is 0.386 e. The van der Waals surface area contributed by atoms with Gasteiger partial charge in [-0.25, -0.2) is 4.98 Å². The van der Waals surface area contributed by atoms with E-state index in [1.165, 1.54) is 0 Å². The van der Waals surface area contributed by atoms with Crippen LogP contribution in [0.25, 0.3) is 0 Å². The molecule has 19 heavy (non-hydrogen) atoms. The predicted molar refractivity (Wildman–Crippen MR) is 79.5 cm³/mol. The van der Waals surface area contributed by atoms with Crippen molar-refractivity contribution in [1.82, 2.24) is 9.88 Å². The number of amides is 1. The molecule has 4 nitrogen and oxygen atoms in total. The highest BCUT2D eigenvalue weighted by Gasteiger charge is 2.42. The lowest BCUT2D eigenvalue weighted by atomic mass is 9.89. The van der Waals surface area contributed by atoms with E-state index in [4.69, 9.17) is 0 Å². The van der Waals surface area contributed by atoms with Crippen molar-refractivity contribution in [2.45, 2.75) is 38.0 Å². The van der Waals surface area contributed by atoms with E-state index in [0.717, 1.165) is 29.3 Å². The van der Waals surface area contributed by atoms with E-state index >= 15 is 0 Å². The van der Waals surface area contributed by atoms with Crippen LogP contribution in [-0.2, 0) is 10.5 Å². The van der Waals surface area contributed by atoms with Crippen molar-refractivity contribution in [1.29, 1.82) is 0 Å². The van der Waals surface area contributed by atoms with Crippen LogP contribution in [0, 0.1) is 6.92 Å². The first-order valence-electron chi connectivity index (χ1n) is 6.51. The fourth-order valence-corrected chi connectivity index (χ4v) is 3.81. The highest BCUT2D eigenvalue weighted by molar-refractivity contribution is 7.99. The summed E-state index contributed by atoms with van der Waals surface area (Å²) in [5.74, 6) is 1.37. The van der Waals surface area contributed by atoms with Gasteiger partial charge in [-0.2, -0.15) is 0 Å². The minimum Gasteiger partial charge on any atom is -0.386 e. The van der Waals surface area contributed by atoms with Gasteiger partial charge in [0.25, 0.3) is 0 Å². The molecule has 0 bridgehead atoms. The number of rotatable bonds is 6. The van der Waals surface area contributed by atoms with E-state index < -0.39 is 5.60 Å². The number of carbonyl (C=O) groups is 1. The molecule has 106 valence electrons. The average molecular weight is 300 g/mol. The fourth-order valence-electron chi connectivity index (χ4n) is 2.27. The average Bonchev–Trinajstić information content (AvgIpc) is 2.72. The van der Waals surface area contributed by atoms with Gasteiger partial charge in [-0.3, -0.25) is 4.79 Å². The number of hydrogen-bond donors (Lipinski definition) is 1. The Morgan fingerprint density at radius 2 is 2.37 bits per heavy atom. The first-order chi connectivity index (χ1) is 9.02. The second-order valence-electron chi connectivity index (χ2n) is 5.07. The van der Waals surface area contributed by atoms with Crippen LogP contribution in [0.5, 0.6) is 0 Å². The lowest BCUT2D eigenvalue weighted by Crippen LogP contribution is -2.63. The van der Waals surface area contributed by atoms with Crippen LogP contribution >= 0.6 is 23.1 Å². The van der Waals surface area contributed by atoms with E-state index in [0.29, 0.717) is 18.8 Å². The maximum absolute atomic E-state index is 11.9. The number of β-amino-alcohol motifs (C(OH)–C–C–N with tert-alkyl or cyclic N) is 1. The maximum atomic E-state index is 11.9. The molecule has 1 aliphatic rings. The summed E-state index contributed by atoms with van der Waals surface area (Å²) in [6.07, 6.45) is 1.73. The van der Waals surface area contributed by atoms with Gasteiger partial charge in [0, 0.05) is 11.1 Å². The zero-order chi connectivity index (χ0) is 13.9. The summed E-state index contributed by atoms with van der Waals surface area (Å²) in [7, 11) is 0. The summed E-state index contributed by atoms with van der Waals surface area (Å²) < 4.78 is 0. The quantitative estimate of drug-likeness (QED) is 0.874. The number of aromatic nitrogens is 1. The number of thiazole rings is 1. The minimum absolute atomic E-state index is 0.123. The summed E-state index contributed by atoms with van der Waals surface area (Å²) in [5.41, 5.74) is 0.424. The number of thioether (sulfide) groups is 1. The molecular formula is C13H20N2O2S2. The molecule has 1 aromatic rings. The molecule has 0 unspecified atom stereocenters. The van der Waals surface area contributed by atoms with E-state index in [9.17, 15) is 9.90 Å². The predicted octanol–water partition coefficient (Wildman–Crippen LogP) is 2.06. The Morgan fingerprint density at radius 3 is 2.95 bits per heavy atom. The van der Waals surface area contributed by atoms with E-state index in [1.807, 2.05) is 19.2 Å². The summed E-state index contributed by atoms with van der Waals surface area (Å²) >= 11 is 3.23. The summed E-state index contributed by atoms with van der Waals surface area (Å²) in [6, 6.07) is 0. The third-order valence-corrected chi connectivity index (χ3v) is 4.95. The van der Waals surface area contributed by atoms with Gasteiger partial charge >= 0.3 is 0 Å². The molecule has 1 aromatic heterocycles.